The fourth-order valence-corrected chi connectivity index (χ4v) is 2.34. The molecule has 0 spiro atoms. The Morgan fingerprint density at radius 2 is 2.28 bits per heavy atom. The van der Waals surface area contributed by atoms with E-state index in [2.05, 4.69) is 28.9 Å². The molecule has 4 N–H and O–H groups in total. The van der Waals surface area contributed by atoms with E-state index < -0.39 is 0 Å². The van der Waals surface area contributed by atoms with E-state index >= 15 is 0 Å². The summed E-state index contributed by atoms with van der Waals surface area (Å²) in [6.45, 7) is 5.18. The Hall–Kier alpha value is -1.30. The SMILES string of the molecule is CC(C)CCNc1snc(N)c1C(=O)NC1CC1. The standard InChI is InChI=1S/C12H20N4OS/c1-7(2)5-6-14-12-9(10(13)16-18-12)11(17)15-8-3-4-8/h7-8,14H,3-6H2,1-2H3,(H2,13,16)(H,15,17). The summed E-state index contributed by atoms with van der Waals surface area (Å²) in [6.07, 6.45) is 3.19. The topological polar surface area (TPSA) is 80.0 Å². The second kappa shape index (κ2) is 5.56. The number of nitrogens with two attached hydrogens (primary N) is 1. The van der Waals surface area contributed by atoms with Crippen LogP contribution in [-0.4, -0.2) is 22.9 Å². The van der Waals surface area contributed by atoms with Gasteiger partial charge in [0.2, 0.25) is 0 Å². The molecule has 1 aliphatic rings. The highest BCUT2D eigenvalue weighted by molar-refractivity contribution is 7.11. The summed E-state index contributed by atoms with van der Waals surface area (Å²) in [5, 5.41) is 6.98. The Kier molecular flexibility index (Phi) is 4.06. The lowest BCUT2D eigenvalue weighted by Crippen LogP contribution is -2.26. The smallest absolute Gasteiger partial charge is 0.258 e. The zero-order chi connectivity index (χ0) is 13.1. The van der Waals surface area contributed by atoms with Crippen LogP contribution in [0, 0.1) is 5.92 Å². The minimum atomic E-state index is -0.101. The van der Waals surface area contributed by atoms with E-state index in [-0.39, 0.29) is 5.91 Å². The van der Waals surface area contributed by atoms with Gasteiger partial charge in [-0.15, -0.1) is 0 Å². The second-order valence-corrected chi connectivity index (χ2v) is 5.90. The van der Waals surface area contributed by atoms with Crippen molar-refractivity contribution in [3.05, 3.63) is 5.56 Å². The molecule has 1 aliphatic carbocycles. The first kappa shape index (κ1) is 13.1. The molecule has 1 fully saturated rings. The molecule has 1 saturated carbocycles. The summed E-state index contributed by atoms with van der Waals surface area (Å²) in [5.74, 6) is 0.854. The number of nitrogen functional groups attached to an aromatic ring is 1. The highest BCUT2D eigenvalue weighted by Crippen LogP contribution is 2.28. The molecule has 0 atom stereocenters. The fraction of sp³-hybridized carbons (Fsp3) is 0.667. The Morgan fingerprint density at radius 1 is 1.56 bits per heavy atom. The van der Waals surface area contributed by atoms with Crippen LogP contribution >= 0.6 is 11.5 Å². The van der Waals surface area contributed by atoms with Gasteiger partial charge in [0.1, 0.15) is 10.6 Å². The number of amides is 1. The van der Waals surface area contributed by atoms with Gasteiger partial charge >= 0.3 is 0 Å². The number of rotatable bonds is 6. The molecule has 0 aromatic carbocycles. The number of anilines is 2. The van der Waals surface area contributed by atoms with E-state index in [1.54, 1.807) is 0 Å². The van der Waals surface area contributed by atoms with E-state index in [1.807, 2.05) is 0 Å². The third-order valence-corrected chi connectivity index (χ3v) is 3.68. The van der Waals surface area contributed by atoms with Crippen molar-refractivity contribution in [1.82, 2.24) is 9.69 Å². The molecule has 1 aromatic rings. The average Bonchev–Trinajstić information content (AvgIpc) is 3.01. The molecule has 0 bridgehead atoms. The zero-order valence-electron chi connectivity index (χ0n) is 10.8. The van der Waals surface area contributed by atoms with Crippen LogP contribution in [0.25, 0.3) is 0 Å². The van der Waals surface area contributed by atoms with Gasteiger partial charge in [0, 0.05) is 12.6 Å². The summed E-state index contributed by atoms with van der Waals surface area (Å²) in [4.78, 5) is 12.0. The number of nitrogens with one attached hydrogen (secondary N) is 2. The number of hydrogen-bond donors (Lipinski definition) is 3. The third kappa shape index (κ3) is 3.35. The van der Waals surface area contributed by atoms with E-state index in [0.29, 0.717) is 23.3 Å². The predicted octanol–water partition coefficient (Wildman–Crippen LogP) is 2.08. The number of carbonyl (C=O) groups is 1. The Balaban J connectivity index is 1.98. The lowest BCUT2D eigenvalue weighted by molar-refractivity contribution is 0.0953. The lowest BCUT2D eigenvalue weighted by Gasteiger charge is -2.08. The molecule has 6 heteroatoms. The largest absolute Gasteiger partial charge is 0.382 e. The second-order valence-electron chi connectivity index (χ2n) is 5.13. The Bertz CT molecular complexity index is 426. The van der Waals surface area contributed by atoms with E-state index in [0.717, 1.165) is 30.8 Å². The van der Waals surface area contributed by atoms with Gasteiger partial charge in [-0.3, -0.25) is 4.79 Å². The van der Waals surface area contributed by atoms with Gasteiger partial charge < -0.3 is 16.4 Å². The van der Waals surface area contributed by atoms with Gasteiger partial charge in [0.15, 0.2) is 5.82 Å². The molecule has 5 nitrogen and oxygen atoms in total. The highest BCUT2D eigenvalue weighted by atomic mass is 32.1. The van der Waals surface area contributed by atoms with E-state index in [9.17, 15) is 4.79 Å². The van der Waals surface area contributed by atoms with Gasteiger partial charge in [-0.05, 0) is 36.7 Å². The van der Waals surface area contributed by atoms with Crippen LogP contribution in [-0.2, 0) is 0 Å². The maximum atomic E-state index is 12.0. The number of hydrogen-bond acceptors (Lipinski definition) is 5. The minimum absolute atomic E-state index is 0.101. The molecule has 0 unspecified atom stereocenters. The molecular weight excluding hydrogens is 248 g/mol. The lowest BCUT2D eigenvalue weighted by atomic mass is 10.1. The number of aromatic nitrogens is 1. The van der Waals surface area contributed by atoms with Crippen molar-refractivity contribution in [3.8, 4) is 0 Å². The molecule has 18 heavy (non-hydrogen) atoms. The van der Waals surface area contributed by atoms with Crippen molar-refractivity contribution in [3.63, 3.8) is 0 Å². The number of carbonyl (C=O) groups excluding carboxylic acids is 1. The van der Waals surface area contributed by atoms with Crippen LogP contribution in [0.2, 0.25) is 0 Å². The predicted molar refractivity (Wildman–Crippen MR) is 75.0 cm³/mol. The normalized spacial score (nSPS) is 14.8. The molecule has 1 aromatic heterocycles. The first-order chi connectivity index (χ1) is 8.58. The monoisotopic (exact) mass is 268 g/mol. The van der Waals surface area contributed by atoms with Crippen LogP contribution in [0.15, 0.2) is 0 Å². The highest BCUT2D eigenvalue weighted by Gasteiger charge is 2.27. The van der Waals surface area contributed by atoms with Gasteiger partial charge in [-0.25, -0.2) is 0 Å². The van der Waals surface area contributed by atoms with Gasteiger partial charge in [-0.1, -0.05) is 13.8 Å². The van der Waals surface area contributed by atoms with Crippen LogP contribution in [0.1, 0.15) is 43.5 Å². The van der Waals surface area contributed by atoms with Crippen molar-refractivity contribution in [2.24, 2.45) is 5.92 Å². The molecule has 0 aliphatic heterocycles. The van der Waals surface area contributed by atoms with Gasteiger partial charge in [-0.2, -0.15) is 4.37 Å². The third-order valence-electron chi connectivity index (χ3n) is 2.87. The van der Waals surface area contributed by atoms with Crippen molar-refractivity contribution in [2.45, 2.75) is 39.2 Å². The minimum Gasteiger partial charge on any atom is -0.382 e. The Labute approximate surface area is 111 Å². The van der Waals surface area contributed by atoms with Crippen LogP contribution in [0.3, 0.4) is 0 Å². The maximum absolute atomic E-state index is 12.0. The van der Waals surface area contributed by atoms with E-state index in [4.69, 9.17) is 5.73 Å². The van der Waals surface area contributed by atoms with Crippen LogP contribution < -0.4 is 16.4 Å². The van der Waals surface area contributed by atoms with Crippen molar-refractivity contribution < 1.29 is 4.79 Å². The number of nitrogens with zero attached hydrogens (tertiary/aromatic N) is 1. The molecule has 2 rings (SSSR count). The molecule has 0 radical (unpaired) electrons. The maximum Gasteiger partial charge on any atom is 0.258 e. The van der Waals surface area contributed by atoms with Crippen LogP contribution in [0.5, 0.6) is 0 Å². The van der Waals surface area contributed by atoms with Crippen LogP contribution in [0.4, 0.5) is 10.8 Å². The van der Waals surface area contributed by atoms with Crippen molar-refractivity contribution >= 4 is 28.3 Å². The zero-order valence-corrected chi connectivity index (χ0v) is 11.6. The van der Waals surface area contributed by atoms with Crippen molar-refractivity contribution in [2.75, 3.05) is 17.6 Å². The summed E-state index contributed by atoms with van der Waals surface area (Å²) >= 11 is 1.26. The first-order valence-electron chi connectivity index (χ1n) is 6.37. The van der Waals surface area contributed by atoms with Gasteiger partial charge in [0.05, 0.1) is 0 Å². The molecule has 100 valence electrons. The quantitative estimate of drug-likeness (QED) is 0.738. The van der Waals surface area contributed by atoms with Gasteiger partial charge in [0.25, 0.3) is 5.91 Å². The van der Waals surface area contributed by atoms with Crippen molar-refractivity contribution in [1.29, 1.82) is 0 Å². The summed E-state index contributed by atoms with van der Waals surface area (Å²) in [5.41, 5.74) is 6.28. The molecular formula is C12H20N4OS. The summed E-state index contributed by atoms with van der Waals surface area (Å²) in [7, 11) is 0. The molecule has 0 saturated heterocycles. The molecule has 1 heterocycles. The Morgan fingerprint density at radius 3 is 2.89 bits per heavy atom. The molecule has 1 amide bonds. The first-order valence-corrected chi connectivity index (χ1v) is 7.15. The fourth-order valence-electron chi connectivity index (χ4n) is 1.60. The summed E-state index contributed by atoms with van der Waals surface area (Å²) in [6, 6.07) is 0.334. The average molecular weight is 268 g/mol. The summed E-state index contributed by atoms with van der Waals surface area (Å²) < 4.78 is 4.06. The van der Waals surface area contributed by atoms with E-state index in [1.165, 1.54) is 11.5 Å².